The maximum atomic E-state index is 12.6. The molecule has 1 aromatic carbocycles. The van der Waals surface area contributed by atoms with Crippen molar-refractivity contribution in [3.63, 3.8) is 0 Å². The van der Waals surface area contributed by atoms with Crippen LogP contribution in [0.15, 0.2) is 24.3 Å². The molecule has 148 valence electrons. The molecule has 0 aliphatic carbocycles. The summed E-state index contributed by atoms with van der Waals surface area (Å²) in [6.07, 6.45) is 2.22. The van der Waals surface area contributed by atoms with Gasteiger partial charge in [-0.15, -0.1) is 0 Å². The fraction of sp³-hybridized carbons (Fsp3) is 0.600. The Bertz CT molecular complexity index is 686. The minimum atomic E-state index is -0.612. The number of carbonyl (C=O) groups is 2. The number of benzene rings is 1. The van der Waals surface area contributed by atoms with Crippen LogP contribution in [0.5, 0.6) is 5.75 Å². The highest BCUT2D eigenvalue weighted by molar-refractivity contribution is 5.82. The smallest absolute Gasteiger partial charge is 0.241 e. The monoisotopic (exact) mass is 375 g/mol. The van der Waals surface area contributed by atoms with Crippen molar-refractivity contribution in [2.45, 2.75) is 31.8 Å². The SMILES string of the molecule is COCC(N)C(=O)N1CCC2(CC1)CC(=O)N(Cc1cccc(OC)c1)C2. The van der Waals surface area contributed by atoms with Crippen LogP contribution in [0.1, 0.15) is 24.8 Å². The highest BCUT2D eigenvalue weighted by Crippen LogP contribution is 2.41. The molecule has 0 aromatic heterocycles. The number of nitrogens with zero attached hydrogens (tertiary/aromatic N) is 2. The molecule has 7 nitrogen and oxygen atoms in total. The summed E-state index contributed by atoms with van der Waals surface area (Å²) < 4.78 is 10.2. The summed E-state index contributed by atoms with van der Waals surface area (Å²) in [6.45, 7) is 2.87. The van der Waals surface area contributed by atoms with Crippen LogP contribution < -0.4 is 10.5 Å². The van der Waals surface area contributed by atoms with E-state index in [9.17, 15) is 9.59 Å². The van der Waals surface area contributed by atoms with Gasteiger partial charge in [0.2, 0.25) is 11.8 Å². The number of likely N-dealkylation sites (tertiary alicyclic amines) is 2. The van der Waals surface area contributed by atoms with Crippen molar-refractivity contribution in [3.8, 4) is 5.75 Å². The van der Waals surface area contributed by atoms with Gasteiger partial charge in [-0.1, -0.05) is 12.1 Å². The van der Waals surface area contributed by atoms with Crippen LogP contribution in [-0.4, -0.2) is 68.1 Å². The lowest BCUT2D eigenvalue weighted by molar-refractivity contribution is -0.136. The molecule has 2 saturated heterocycles. The van der Waals surface area contributed by atoms with E-state index < -0.39 is 6.04 Å². The molecule has 2 aliphatic heterocycles. The topological polar surface area (TPSA) is 85.1 Å². The normalized spacial score (nSPS) is 20.2. The number of hydrogen-bond donors (Lipinski definition) is 1. The van der Waals surface area contributed by atoms with E-state index in [1.54, 1.807) is 14.2 Å². The second-order valence-corrected chi connectivity index (χ2v) is 7.67. The van der Waals surface area contributed by atoms with Gasteiger partial charge in [0, 0.05) is 45.1 Å². The molecule has 1 atom stereocenters. The molecular formula is C20H29N3O4. The number of amides is 2. The lowest BCUT2D eigenvalue weighted by atomic mass is 9.77. The zero-order valence-electron chi connectivity index (χ0n) is 16.1. The first-order valence-corrected chi connectivity index (χ1v) is 9.40. The summed E-state index contributed by atoms with van der Waals surface area (Å²) >= 11 is 0. The third-order valence-electron chi connectivity index (χ3n) is 5.71. The molecule has 1 spiro atoms. The molecule has 0 bridgehead atoms. The Balaban J connectivity index is 1.58. The predicted molar refractivity (Wildman–Crippen MR) is 101 cm³/mol. The standard InChI is InChI=1S/C20H29N3O4/c1-26-13-17(21)19(25)22-8-6-20(7-9-22)11-18(24)23(14-20)12-15-4-3-5-16(10-15)27-2/h3-5,10,17H,6-9,11-14,21H2,1-2H3. The Morgan fingerprint density at radius 2 is 2.04 bits per heavy atom. The molecule has 2 aliphatic rings. The summed E-state index contributed by atoms with van der Waals surface area (Å²) in [5, 5.41) is 0. The first-order valence-electron chi connectivity index (χ1n) is 9.40. The number of nitrogens with two attached hydrogens (primary N) is 1. The van der Waals surface area contributed by atoms with Crippen molar-refractivity contribution in [2.24, 2.45) is 11.1 Å². The first kappa shape index (κ1) is 19.6. The van der Waals surface area contributed by atoms with E-state index in [-0.39, 0.29) is 23.8 Å². The molecule has 0 radical (unpaired) electrons. The minimum Gasteiger partial charge on any atom is -0.497 e. The average molecular weight is 375 g/mol. The molecule has 2 amide bonds. The van der Waals surface area contributed by atoms with Crippen LogP contribution in [0.4, 0.5) is 0 Å². The molecular weight excluding hydrogens is 346 g/mol. The lowest BCUT2D eigenvalue weighted by Gasteiger charge is -2.39. The van der Waals surface area contributed by atoms with E-state index >= 15 is 0 Å². The van der Waals surface area contributed by atoms with Gasteiger partial charge in [-0.25, -0.2) is 0 Å². The Labute approximate surface area is 160 Å². The van der Waals surface area contributed by atoms with Gasteiger partial charge in [-0.3, -0.25) is 9.59 Å². The zero-order chi connectivity index (χ0) is 19.4. The van der Waals surface area contributed by atoms with Gasteiger partial charge in [-0.2, -0.15) is 0 Å². The molecule has 1 aromatic rings. The summed E-state index contributed by atoms with van der Waals surface area (Å²) in [5.41, 5.74) is 6.91. The van der Waals surface area contributed by atoms with Gasteiger partial charge in [0.15, 0.2) is 0 Å². The number of ether oxygens (including phenoxy) is 2. The van der Waals surface area contributed by atoms with Gasteiger partial charge in [0.25, 0.3) is 0 Å². The largest absolute Gasteiger partial charge is 0.497 e. The highest BCUT2D eigenvalue weighted by Gasteiger charge is 2.45. The van der Waals surface area contributed by atoms with Crippen LogP contribution in [0.2, 0.25) is 0 Å². The summed E-state index contributed by atoms with van der Waals surface area (Å²) in [4.78, 5) is 28.7. The highest BCUT2D eigenvalue weighted by atomic mass is 16.5. The third kappa shape index (κ3) is 4.42. The zero-order valence-corrected chi connectivity index (χ0v) is 16.1. The Morgan fingerprint density at radius 1 is 1.30 bits per heavy atom. The molecule has 2 fully saturated rings. The Morgan fingerprint density at radius 3 is 2.70 bits per heavy atom. The fourth-order valence-electron chi connectivity index (χ4n) is 4.14. The molecule has 3 rings (SSSR count). The molecule has 0 saturated carbocycles. The van der Waals surface area contributed by atoms with E-state index in [1.807, 2.05) is 34.1 Å². The molecule has 27 heavy (non-hydrogen) atoms. The van der Waals surface area contributed by atoms with Crippen LogP contribution >= 0.6 is 0 Å². The van der Waals surface area contributed by atoms with Crippen molar-refractivity contribution in [2.75, 3.05) is 40.5 Å². The predicted octanol–water partition coefficient (Wildman–Crippen LogP) is 1.01. The number of rotatable bonds is 6. The van der Waals surface area contributed by atoms with Crippen LogP contribution in [0, 0.1) is 5.41 Å². The minimum absolute atomic E-state index is 0.0297. The van der Waals surface area contributed by atoms with Gasteiger partial charge in [-0.05, 0) is 30.5 Å². The summed E-state index contributed by atoms with van der Waals surface area (Å²) in [5.74, 6) is 0.922. The van der Waals surface area contributed by atoms with Crippen molar-refractivity contribution in [3.05, 3.63) is 29.8 Å². The van der Waals surface area contributed by atoms with E-state index in [0.29, 0.717) is 26.1 Å². The van der Waals surface area contributed by atoms with Crippen molar-refractivity contribution < 1.29 is 19.1 Å². The third-order valence-corrected chi connectivity index (χ3v) is 5.71. The number of piperidine rings is 1. The fourth-order valence-corrected chi connectivity index (χ4v) is 4.14. The summed E-state index contributed by atoms with van der Waals surface area (Å²) in [6, 6.07) is 7.21. The van der Waals surface area contributed by atoms with Gasteiger partial charge < -0.3 is 25.0 Å². The number of hydrogen-bond acceptors (Lipinski definition) is 5. The van der Waals surface area contributed by atoms with Crippen molar-refractivity contribution in [1.82, 2.24) is 9.80 Å². The van der Waals surface area contributed by atoms with Crippen molar-refractivity contribution in [1.29, 1.82) is 0 Å². The van der Waals surface area contributed by atoms with E-state index in [0.717, 1.165) is 30.7 Å². The van der Waals surface area contributed by atoms with Crippen LogP contribution in [-0.2, 0) is 20.9 Å². The molecule has 2 heterocycles. The van der Waals surface area contributed by atoms with E-state index in [4.69, 9.17) is 15.2 Å². The van der Waals surface area contributed by atoms with Gasteiger partial charge in [0.1, 0.15) is 11.8 Å². The maximum absolute atomic E-state index is 12.6. The van der Waals surface area contributed by atoms with Crippen LogP contribution in [0.25, 0.3) is 0 Å². The van der Waals surface area contributed by atoms with E-state index in [2.05, 4.69) is 0 Å². The van der Waals surface area contributed by atoms with Gasteiger partial charge >= 0.3 is 0 Å². The second kappa shape index (κ2) is 8.27. The molecule has 1 unspecified atom stereocenters. The first-order chi connectivity index (χ1) is 13.0. The Hall–Kier alpha value is -2.12. The second-order valence-electron chi connectivity index (χ2n) is 7.67. The average Bonchev–Trinajstić information content (AvgIpc) is 2.97. The summed E-state index contributed by atoms with van der Waals surface area (Å²) in [7, 11) is 3.18. The number of methoxy groups -OCH3 is 2. The van der Waals surface area contributed by atoms with E-state index in [1.165, 1.54) is 0 Å². The maximum Gasteiger partial charge on any atom is 0.241 e. The van der Waals surface area contributed by atoms with Gasteiger partial charge in [0.05, 0.1) is 13.7 Å². The quantitative estimate of drug-likeness (QED) is 0.802. The molecule has 2 N–H and O–H groups in total. The number of carbonyl (C=O) groups excluding carboxylic acids is 2. The van der Waals surface area contributed by atoms with Crippen LogP contribution in [0.3, 0.4) is 0 Å². The van der Waals surface area contributed by atoms with Crippen molar-refractivity contribution >= 4 is 11.8 Å². The Kier molecular flexibility index (Phi) is 6.01. The lowest BCUT2D eigenvalue weighted by Crippen LogP contribution is -2.51. The molecule has 7 heteroatoms.